The van der Waals surface area contributed by atoms with Crippen LogP contribution in [0.1, 0.15) is 49.9 Å². The molecule has 0 N–H and O–H groups in total. The molecule has 2 heterocycles. The molecule has 0 saturated carbocycles. The number of fused-ring (bicyclic) bond motifs is 12. The first-order valence-electron chi connectivity index (χ1n) is 24.2. The van der Waals surface area contributed by atoms with E-state index in [4.69, 9.17) is 0 Å². The molecule has 2 aliphatic rings. The smallest absolute Gasteiger partial charge is 0.0554 e. The maximum atomic E-state index is 2.56. The van der Waals surface area contributed by atoms with E-state index < -0.39 is 0 Å². The largest absolute Gasteiger partial charge is 0.310 e. The topological polar surface area (TPSA) is 8.17 Å². The van der Waals surface area contributed by atoms with Gasteiger partial charge in [0.1, 0.15) is 0 Å². The lowest BCUT2D eigenvalue weighted by molar-refractivity contribution is 0.660. The number of rotatable bonds is 6. The lowest BCUT2D eigenvalue weighted by atomic mass is 9.81. The van der Waals surface area contributed by atoms with Gasteiger partial charge in [-0.3, -0.25) is 0 Å². The standard InChI is InChI=1S/C66H48N2S/c1-65(2)55-22-13-11-20-48(55)50-32-29-46(39-57(50)65)67(47-30-33-51-49-31-26-44(41-16-7-5-8-17-41)38-56(49)66(3,4)58(51)40-47)61-24-15-25-63-64(61)54-37-43(28-35-62(54)69-63)42-27-34-60-53(36-42)52-21-12-14-23-59(52)68(60)45-18-9-6-10-19-45/h5-40H,1-4H3. The van der Waals surface area contributed by atoms with Crippen LogP contribution in [0.4, 0.5) is 17.1 Å². The van der Waals surface area contributed by atoms with Crippen LogP contribution in [0.5, 0.6) is 0 Å². The average molecular weight is 901 g/mol. The average Bonchev–Trinajstić information content (AvgIpc) is 4.07. The second-order valence-corrected chi connectivity index (χ2v) is 21.2. The predicted molar refractivity (Wildman–Crippen MR) is 294 cm³/mol. The minimum Gasteiger partial charge on any atom is -0.310 e. The van der Waals surface area contributed by atoms with Gasteiger partial charge in [-0.15, -0.1) is 11.3 Å². The Hall–Kier alpha value is -7.98. The van der Waals surface area contributed by atoms with Crippen LogP contribution in [0.2, 0.25) is 0 Å². The second kappa shape index (κ2) is 14.8. The summed E-state index contributed by atoms with van der Waals surface area (Å²) in [4.78, 5) is 2.56. The van der Waals surface area contributed by atoms with Crippen LogP contribution in [-0.2, 0) is 10.8 Å². The number of para-hydroxylation sites is 2. The van der Waals surface area contributed by atoms with Crippen LogP contribution in [0.3, 0.4) is 0 Å². The Morgan fingerprint density at radius 3 is 1.67 bits per heavy atom. The molecule has 0 radical (unpaired) electrons. The highest BCUT2D eigenvalue weighted by atomic mass is 32.1. The fourth-order valence-electron chi connectivity index (χ4n) is 12.1. The van der Waals surface area contributed by atoms with Crippen LogP contribution >= 0.6 is 11.3 Å². The summed E-state index contributed by atoms with van der Waals surface area (Å²) in [6, 6.07) is 81.8. The summed E-state index contributed by atoms with van der Waals surface area (Å²) in [5.41, 5.74) is 22.5. The van der Waals surface area contributed by atoms with E-state index in [2.05, 4.69) is 256 Å². The third-order valence-electron chi connectivity index (χ3n) is 15.6. The summed E-state index contributed by atoms with van der Waals surface area (Å²) < 4.78 is 4.96. The van der Waals surface area contributed by atoms with E-state index in [9.17, 15) is 0 Å². The van der Waals surface area contributed by atoms with E-state index in [1.807, 2.05) is 11.3 Å². The molecule has 0 unspecified atom stereocenters. The van der Waals surface area contributed by atoms with Gasteiger partial charge >= 0.3 is 0 Å². The lowest BCUT2D eigenvalue weighted by Gasteiger charge is -2.30. The third-order valence-corrected chi connectivity index (χ3v) is 16.7. The molecule has 2 aromatic heterocycles. The second-order valence-electron chi connectivity index (χ2n) is 20.1. The van der Waals surface area contributed by atoms with Gasteiger partial charge in [-0.1, -0.05) is 161 Å². The number of hydrogen-bond acceptors (Lipinski definition) is 2. The van der Waals surface area contributed by atoms with E-state index in [0.29, 0.717) is 0 Å². The molecule has 2 aliphatic carbocycles. The number of benzene rings is 10. The predicted octanol–water partition coefficient (Wildman–Crippen LogP) is 18.6. The van der Waals surface area contributed by atoms with Gasteiger partial charge in [0.15, 0.2) is 0 Å². The van der Waals surface area contributed by atoms with E-state index in [1.54, 1.807) is 0 Å². The number of aromatic nitrogens is 1. The van der Waals surface area contributed by atoms with E-state index in [1.165, 1.54) is 120 Å². The zero-order valence-corrected chi connectivity index (χ0v) is 39.9. The monoisotopic (exact) mass is 900 g/mol. The first-order valence-corrected chi connectivity index (χ1v) is 25.0. The molecule has 0 spiro atoms. The van der Waals surface area contributed by atoms with Crippen molar-refractivity contribution in [3.8, 4) is 50.2 Å². The highest BCUT2D eigenvalue weighted by Crippen LogP contribution is 2.55. The van der Waals surface area contributed by atoms with Gasteiger partial charge < -0.3 is 9.47 Å². The Morgan fingerprint density at radius 1 is 0.362 bits per heavy atom. The molecule has 14 rings (SSSR count). The van der Waals surface area contributed by atoms with Crippen LogP contribution in [0, 0.1) is 0 Å². The molecule has 328 valence electrons. The lowest BCUT2D eigenvalue weighted by Crippen LogP contribution is -2.18. The van der Waals surface area contributed by atoms with E-state index in [-0.39, 0.29) is 10.8 Å². The van der Waals surface area contributed by atoms with Crippen molar-refractivity contribution in [2.75, 3.05) is 4.90 Å². The van der Waals surface area contributed by atoms with Crippen LogP contribution < -0.4 is 4.90 Å². The van der Waals surface area contributed by atoms with Gasteiger partial charge in [-0.2, -0.15) is 0 Å². The Kier molecular flexibility index (Phi) is 8.58. The molecule has 10 aromatic carbocycles. The van der Waals surface area contributed by atoms with Crippen molar-refractivity contribution in [3.63, 3.8) is 0 Å². The van der Waals surface area contributed by atoms with Gasteiger partial charge in [-0.25, -0.2) is 0 Å². The highest BCUT2D eigenvalue weighted by molar-refractivity contribution is 7.26. The fourth-order valence-corrected chi connectivity index (χ4v) is 13.2. The van der Waals surface area contributed by atoms with Gasteiger partial charge in [-0.05, 0) is 152 Å². The molecular formula is C66H48N2S. The molecule has 0 saturated heterocycles. The minimum absolute atomic E-state index is 0.143. The van der Waals surface area contributed by atoms with E-state index in [0.717, 1.165) is 11.4 Å². The molecule has 0 aliphatic heterocycles. The summed E-state index contributed by atoms with van der Waals surface area (Å²) >= 11 is 1.89. The molecular weight excluding hydrogens is 853 g/mol. The molecule has 0 bridgehead atoms. The maximum absolute atomic E-state index is 2.56. The highest BCUT2D eigenvalue weighted by Gasteiger charge is 2.38. The van der Waals surface area contributed by atoms with Crippen LogP contribution in [0.15, 0.2) is 218 Å². The summed E-state index contributed by atoms with van der Waals surface area (Å²) in [6.07, 6.45) is 0. The maximum Gasteiger partial charge on any atom is 0.0554 e. The molecule has 0 amide bonds. The van der Waals surface area contributed by atoms with Crippen molar-refractivity contribution in [2.24, 2.45) is 0 Å². The molecule has 2 nitrogen and oxygen atoms in total. The first kappa shape index (κ1) is 40.1. The Bertz CT molecular complexity index is 4070. The Balaban J connectivity index is 0.957. The molecule has 3 heteroatoms. The summed E-state index contributed by atoms with van der Waals surface area (Å²) in [7, 11) is 0. The normalized spacial score (nSPS) is 14.0. The number of thiophene rings is 1. The van der Waals surface area contributed by atoms with Gasteiger partial charge in [0.2, 0.25) is 0 Å². The Morgan fingerprint density at radius 2 is 0.913 bits per heavy atom. The van der Waals surface area contributed by atoms with Crippen molar-refractivity contribution in [1.29, 1.82) is 0 Å². The van der Waals surface area contributed by atoms with Gasteiger partial charge in [0.05, 0.1) is 16.7 Å². The number of anilines is 3. The zero-order chi connectivity index (χ0) is 46.2. The Labute approximate surface area is 407 Å². The number of nitrogens with zero attached hydrogens (tertiary/aromatic N) is 2. The van der Waals surface area contributed by atoms with Crippen molar-refractivity contribution in [2.45, 2.75) is 38.5 Å². The SMILES string of the molecule is CC1(C)c2ccccc2-c2ccc(N(c3ccc4c(c3)C(C)(C)c3cc(-c5ccccc5)ccc3-4)c3cccc4sc5ccc(-c6ccc7c(c6)c6ccccc6n7-c6ccccc6)cc5c34)cc21. The van der Waals surface area contributed by atoms with Gasteiger partial charge in [0, 0.05) is 58.8 Å². The van der Waals surface area contributed by atoms with Crippen molar-refractivity contribution in [3.05, 3.63) is 241 Å². The first-order chi connectivity index (χ1) is 33.7. The van der Waals surface area contributed by atoms with Crippen molar-refractivity contribution >= 4 is 70.4 Å². The minimum atomic E-state index is -0.205. The van der Waals surface area contributed by atoms with E-state index >= 15 is 0 Å². The zero-order valence-electron chi connectivity index (χ0n) is 39.1. The summed E-state index contributed by atoms with van der Waals surface area (Å²) in [6.45, 7) is 9.58. The molecule has 12 aromatic rings. The molecule has 69 heavy (non-hydrogen) atoms. The van der Waals surface area contributed by atoms with Crippen LogP contribution in [-0.4, -0.2) is 4.57 Å². The third kappa shape index (κ3) is 5.90. The molecule has 0 atom stereocenters. The van der Waals surface area contributed by atoms with Gasteiger partial charge in [0.25, 0.3) is 0 Å². The molecule has 0 fully saturated rings. The quantitative estimate of drug-likeness (QED) is 0.161. The fraction of sp³-hybridized carbons (Fsp3) is 0.0909. The van der Waals surface area contributed by atoms with Crippen molar-refractivity contribution in [1.82, 2.24) is 4.57 Å². The number of hydrogen-bond donors (Lipinski definition) is 0. The van der Waals surface area contributed by atoms with Crippen LogP contribution in [0.25, 0.3) is 92.2 Å². The van der Waals surface area contributed by atoms with Crippen molar-refractivity contribution < 1.29 is 0 Å². The summed E-state index contributed by atoms with van der Waals surface area (Å²) in [5.74, 6) is 0. The summed E-state index contributed by atoms with van der Waals surface area (Å²) in [5, 5.41) is 5.07.